The molecule has 3 rings (SSSR count). The quantitative estimate of drug-likeness (QED) is 0.0199. The summed E-state index contributed by atoms with van der Waals surface area (Å²) in [5.41, 5.74) is 0. The van der Waals surface area contributed by atoms with E-state index in [0.717, 1.165) is 103 Å². The van der Waals surface area contributed by atoms with E-state index in [1.807, 2.05) is 6.08 Å². The van der Waals surface area contributed by atoms with E-state index in [4.69, 9.17) is 28.4 Å². The zero-order valence-electron chi connectivity index (χ0n) is 62.4. The van der Waals surface area contributed by atoms with Gasteiger partial charge in [-0.25, -0.2) is 0 Å². The number of unbranched alkanes of at least 4 members (excludes halogenated alkanes) is 32. The predicted octanol–water partition coefficient (Wildman–Crippen LogP) is 13.2. The maximum atomic E-state index is 13.5. The smallest absolute Gasteiger partial charge is 0.220 e. The van der Waals surface area contributed by atoms with E-state index >= 15 is 0 Å². The fourth-order valence-corrected chi connectivity index (χ4v) is 13.0. The fraction of sp³-hybridized carbons (Fsp3) is 0.793. The average Bonchev–Trinajstić information content (AvgIpc) is 0.792. The lowest BCUT2D eigenvalue weighted by Gasteiger charge is -2.48. The highest BCUT2D eigenvalue weighted by atomic mass is 16.8. The Morgan fingerprint density at radius 1 is 0.366 bits per heavy atom. The summed E-state index contributed by atoms with van der Waals surface area (Å²) in [6.07, 6.45) is 56.6. The number of allylic oxidation sites excluding steroid dienone is 15. The predicted molar refractivity (Wildman–Crippen MR) is 401 cm³/mol. The number of rotatable bonds is 62. The van der Waals surface area contributed by atoms with E-state index in [2.05, 4.69) is 104 Å². The molecule has 1 amide bonds. The van der Waals surface area contributed by atoms with Crippen molar-refractivity contribution in [3.8, 4) is 0 Å². The lowest BCUT2D eigenvalue weighted by Crippen LogP contribution is -2.66. The van der Waals surface area contributed by atoms with Gasteiger partial charge in [-0.05, 0) is 77.0 Å². The number of carbonyl (C=O) groups excluding carboxylic acids is 1. The first-order chi connectivity index (χ1) is 49.3. The Hall–Kier alpha value is -3.29. The van der Waals surface area contributed by atoms with Gasteiger partial charge in [-0.3, -0.25) is 4.79 Å². The molecule has 17 unspecified atom stereocenters. The van der Waals surface area contributed by atoms with Gasteiger partial charge >= 0.3 is 0 Å². The van der Waals surface area contributed by atoms with E-state index in [9.17, 15) is 61.0 Å². The van der Waals surface area contributed by atoms with Crippen LogP contribution in [0.2, 0.25) is 0 Å². The number of nitrogens with one attached hydrogen (secondary N) is 1. The van der Waals surface area contributed by atoms with Crippen molar-refractivity contribution in [3.05, 3.63) is 97.2 Å². The lowest BCUT2D eigenvalue weighted by atomic mass is 9.96. The third kappa shape index (κ3) is 42.0. The van der Waals surface area contributed by atoms with Crippen LogP contribution in [-0.4, -0.2) is 193 Å². The van der Waals surface area contributed by atoms with E-state index in [1.165, 1.54) is 154 Å². The number of aliphatic hydroxyl groups excluding tert-OH is 11. The van der Waals surface area contributed by atoms with Crippen LogP contribution in [0.1, 0.15) is 284 Å². The lowest BCUT2D eigenvalue weighted by molar-refractivity contribution is -0.379. The maximum absolute atomic E-state index is 13.5. The van der Waals surface area contributed by atoms with Crippen LogP contribution < -0.4 is 5.32 Å². The summed E-state index contributed by atoms with van der Waals surface area (Å²) in [6, 6.07) is -0.985. The molecule has 0 aromatic carbocycles. The average molecular weight is 1430 g/mol. The molecular weight excluding hydrogens is 1290 g/mol. The van der Waals surface area contributed by atoms with Gasteiger partial charge in [0.2, 0.25) is 5.91 Å². The summed E-state index contributed by atoms with van der Waals surface area (Å²) >= 11 is 0. The van der Waals surface area contributed by atoms with Gasteiger partial charge in [-0.1, -0.05) is 297 Å². The molecule has 3 saturated heterocycles. The summed E-state index contributed by atoms with van der Waals surface area (Å²) in [5, 5.41) is 121. The van der Waals surface area contributed by atoms with Gasteiger partial charge in [0.1, 0.15) is 73.2 Å². The van der Waals surface area contributed by atoms with Crippen LogP contribution in [0, 0.1) is 0 Å². The summed E-state index contributed by atoms with van der Waals surface area (Å²) < 4.78 is 34.4. The SMILES string of the molecule is CC/C=C\C/C=C\C/C=C\C/C=C\C/C=C\C/C=C\C/C=C\CCCCCCCCCCCC(=O)NC(COC1OC(CO)C(OC2OC(CO)C(OC3OC(CO)C(O)C(O)C3O)C(O)C2O)C(O)C1O)C(O)/C=C/CCCCCCCCCCCCCCCCCCCCCCCCC. The molecule has 3 aliphatic rings. The van der Waals surface area contributed by atoms with E-state index in [1.54, 1.807) is 6.08 Å². The minimum absolute atomic E-state index is 0.231. The van der Waals surface area contributed by atoms with Gasteiger partial charge in [0.05, 0.1) is 38.6 Å². The molecule has 3 fully saturated rings. The second-order valence-corrected chi connectivity index (χ2v) is 28.1. The van der Waals surface area contributed by atoms with Gasteiger partial charge in [-0.2, -0.15) is 0 Å². The first-order valence-corrected chi connectivity index (χ1v) is 40.0. The standard InChI is InChI=1S/C82H143NO18/c1-3-5-7-9-11-13-15-17-19-21-23-25-27-29-30-31-32-33-34-36-38-40-42-44-46-48-50-52-54-56-58-60-70(88)83-65(66(87)59-57-55-53-51-49-47-45-43-41-39-37-35-28-26-24-22-20-18-16-14-12-10-8-6-4-2)64-96-80-76(94)73(91)78(68(62-85)98-80)101-82-77(95)74(92)79(69(63-86)99-82)100-81-75(93)72(90)71(89)67(61-84)97-81/h5,7,11,13,17,19,23,25,29-30,32-33,36,38,57,59,65-69,71-82,84-87,89-95H,3-4,6,8-10,12,14-16,18,20-22,24,26-28,31,34-35,37,39-56,58,60-64H2,1-2H3,(H,83,88)/b7-5-,13-11-,19-17-,25-23-,30-29-,33-32-,38-36-,59-57+. The van der Waals surface area contributed by atoms with Crippen molar-refractivity contribution >= 4 is 5.91 Å². The zero-order chi connectivity index (χ0) is 73.2. The van der Waals surface area contributed by atoms with Crippen molar-refractivity contribution in [2.24, 2.45) is 0 Å². The van der Waals surface area contributed by atoms with Crippen molar-refractivity contribution in [2.75, 3.05) is 26.4 Å². The molecule has 0 radical (unpaired) electrons. The van der Waals surface area contributed by atoms with Gasteiger partial charge < -0.3 is 89.9 Å². The highest BCUT2D eigenvalue weighted by Gasteiger charge is 2.54. The van der Waals surface area contributed by atoms with Crippen LogP contribution in [0.25, 0.3) is 0 Å². The molecule has 0 aromatic heterocycles. The maximum Gasteiger partial charge on any atom is 0.220 e. The fourth-order valence-electron chi connectivity index (χ4n) is 13.0. The number of carbonyl (C=O) groups is 1. The Labute approximate surface area is 609 Å². The topological polar surface area (TPSA) is 307 Å². The number of amides is 1. The monoisotopic (exact) mass is 1430 g/mol. The Kier molecular flexibility index (Phi) is 56.3. The molecule has 0 bridgehead atoms. The van der Waals surface area contributed by atoms with Gasteiger partial charge in [-0.15, -0.1) is 0 Å². The number of ether oxygens (including phenoxy) is 6. The van der Waals surface area contributed by atoms with Gasteiger partial charge in [0, 0.05) is 6.42 Å². The Balaban J connectivity index is 1.39. The molecule has 17 atom stereocenters. The summed E-state index contributed by atoms with van der Waals surface area (Å²) in [7, 11) is 0. The second kappa shape index (κ2) is 61.8. The number of aliphatic hydroxyl groups is 11. The minimum atomic E-state index is -1.98. The molecule has 0 aromatic rings. The first kappa shape index (κ1) is 91.9. The molecule has 0 aliphatic carbocycles. The third-order valence-corrected chi connectivity index (χ3v) is 19.4. The normalized spacial score (nSPS) is 26.8. The summed E-state index contributed by atoms with van der Waals surface area (Å²) in [5.74, 6) is -0.283. The van der Waals surface area contributed by atoms with Crippen LogP contribution in [0.3, 0.4) is 0 Å². The zero-order valence-corrected chi connectivity index (χ0v) is 62.4. The van der Waals surface area contributed by atoms with Gasteiger partial charge in [0.15, 0.2) is 18.9 Å². The van der Waals surface area contributed by atoms with Crippen LogP contribution >= 0.6 is 0 Å². The van der Waals surface area contributed by atoms with Crippen molar-refractivity contribution in [1.29, 1.82) is 0 Å². The summed E-state index contributed by atoms with van der Waals surface area (Å²) in [6.45, 7) is 1.64. The van der Waals surface area contributed by atoms with Crippen molar-refractivity contribution in [1.82, 2.24) is 5.32 Å². The third-order valence-electron chi connectivity index (χ3n) is 19.4. The van der Waals surface area contributed by atoms with Crippen LogP contribution in [0.5, 0.6) is 0 Å². The van der Waals surface area contributed by atoms with Crippen LogP contribution in [-0.2, 0) is 33.2 Å². The molecule has 3 aliphatic heterocycles. The van der Waals surface area contributed by atoms with Crippen molar-refractivity contribution < 1.29 is 89.4 Å². The number of hydrogen-bond acceptors (Lipinski definition) is 18. The second-order valence-electron chi connectivity index (χ2n) is 28.1. The molecule has 584 valence electrons. The minimum Gasteiger partial charge on any atom is -0.394 e. The van der Waals surface area contributed by atoms with Gasteiger partial charge in [0.25, 0.3) is 0 Å². The molecular formula is C82H143NO18. The number of hydrogen-bond donors (Lipinski definition) is 12. The highest BCUT2D eigenvalue weighted by Crippen LogP contribution is 2.33. The van der Waals surface area contributed by atoms with E-state index in [0.29, 0.717) is 6.42 Å². The largest absolute Gasteiger partial charge is 0.394 e. The Morgan fingerprint density at radius 3 is 1.07 bits per heavy atom. The molecule has 0 spiro atoms. The Morgan fingerprint density at radius 2 is 0.683 bits per heavy atom. The van der Waals surface area contributed by atoms with E-state index in [-0.39, 0.29) is 18.9 Å². The van der Waals surface area contributed by atoms with Crippen molar-refractivity contribution in [3.63, 3.8) is 0 Å². The first-order valence-electron chi connectivity index (χ1n) is 40.0. The van der Waals surface area contributed by atoms with E-state index < -0.39 is 124 Å². The summed E-state index contributed by atoms with van der Waals surface area (Å²) in [4.78, 5) is 13.5. The molecule has 101 heavy (non-hydrogen) atoms. The highest BCUT2D eigenvalue weighted by molar-refractivity contribution is 5.76. The van der Waals surface area contributed by atoms with Crippen molar-refractivity contribution in [2.45, 2.75) is 388 Å². The molecule has 0 saturated carbocycles. The molecule has 19 heteroatoms. The molecule has 19 nitrogen and oxygen atoms in total. The van der Waals surface area contributed by atoms with Crippen LogP contribution in [0.4, 0.5) is 0 Å². The molecule has 12 N–H and O–H groups in total. The Bertz CT molecular complexity index is 2200. The van der Waals surface area contributed by atoms with Crippen LogP contribution in [0.15, 0.2) is 97.2 Å². The molecule has 3 heterocycles.